The predicted molar refractivity (Wildman–Crippen MR) is 86.0 cm³/mol. The average molecular weight is 297 g/mol. The number of phenolic OH excluding ortho intramolecular Hbond substituents is 1. The number of aromatic hydroxyl groups is 1. The van der Waals surface area contributed by atoms with Crippen LogP contribution in [0.3, 0.4) is 0 Å². The van der Waals surface area contributed by atoms with Crippen molar-refractivity contribution in [2.24, 2.45) is 5.92 Å². The summed E-state index contributed by atoms with van der Waals surface area (Å²) >= 11 is 0. The summed E-state index contributed by atoms with van der Waals surface area (Å²) in [5, 5.41) is 9.97. The molecule has 2 bridgehead atoms. The molecule has 0 spiro atoms. The molecule has 0 aromatic heterocycles. The largest absolute Gasteiger partial charge is 0.508 e. The lowest BCUT2D eigenvalue weighted by Gasteiger charge is -2.58. The zero-order valence-electron chi connectivity index (χ0n) is 12.9. The highest BCUT2D eigenvalue weighted by atomic mass is 16.3. The number of fused-ring (bicyclic) bond motifs is 1. The number of phenols is 1. The lowest BCUT2D eigenvalue weighted by Crippen LogP contribution is -2.61. The molecule has 3 heteroatoms. The molecule has 116 valence electrons. The van der Waals surface area contributed by atoms with Crippen LogP contribution in [-0.2, 0) is 16.6 Å². The van der Waals surface area contributed by atoms with E-state index < -0.39 is 0 Å². The fourth-order valence-electron chi connectivity index (χ4n) is 5.29. The van der Waals surface area contributed by atoms with Crippen molar-refractivity contribution in [3.8, 4) is 5.75 Å². The van der Waals surface area contributed by atoms with Crippen molar-refractivity contribution in [1.29, 1.82) is 0 Å². The lowest BCUT2D eigenvalue weighted by atomic mass is 9.52. The van der Waals surface area contributed by atoms with E-state index in [9.17, 15) is 9.90 Å². The molecule has 3 aliphatic rings. The number of hydrogen-bond donors (Lipinski definition) is 1. The van der Waals surface area contributed by atoms with Gasteiger partial charge >= 0.3 is 0 Å². The summed E-state index contributed by atoms with van der Waals surface area (Å²) in [4.78, 5) is 14.8. The highest BCUT2D eigenvalue weighted by Gasteiger charge is 2.55. The van der Waals surface area contributed by atoms with Gasteiger partial charge in [-0.1, -0.05) is 12.1 Å². The summed E-state index contributed by atoms with van der Waals surface area (Å²) in [5.41, 5.74) is 2.53. The second kappa shape index (κ2) is 4.95. The van der Waals surface area contributed by atoms with Crippen LogP contribution in [0.1, 0.15) is 36.8 Å². The Morgan fingerprint density at radius 3 is 3.14 bits per heavy atom. The number of likely N-dealkylation sites (tertiary alicyclic amines) is 1. The SMILES string of the molecule is C=CCN1CC[C@@]23CC(=O)CC[C@H]2[C@@H]1Cc1ccc(O)cc13. The molecule has 2 aliphatic carbocycles. The summed E-state index contributed by atoms with van der Waals surface area (Å²) in [7, 11) is 0. The first-order valence-corrected chi connectivity index (χ1v) is 8.33. The molecule has 1 aromatic carbocycles. The van der Waals surface area contributed by atoms with Crippen LogP contribution in [0.5, 0.6) is 5.75 Å². The van der Waals surface area contributed by atoms with Crippen molar-refractivity contribution >= 4 is 5.78 Å². The summed E-state index contributed by atoms with van der Waals surface area (Å²) in [6.07, 6.45) is 6.42. The van der Waals surface area contributed by atoms with Crippen LogP contribution in [0.4, 0.5) is 0 Å². The van der Waals surface area contributed by atoms with Crippen LogP contribution < -0.4 is 0 Å². The number of nitrogens with zero attached hydrogens (tertiary/aromatic N) is 1. The van der Waals surface area contributed by atoms with Gasteiger partial charge in [0.2, 0.25) is 0 Å². The monoisotopic (exact) mass is 297 g/mol. The maximum Gasteiger partial charge on any atom is 0.133 e. The Kier molecular flexibility index (Phi) is 3.15. The predicted octanol–water partition coefficient (Wildman–Crippen LogP) is 2.82. The zero-order valence-corrected chi connectivity index (χ0v) is 12.9. The number of benzene rings is 1. The summed E-state index contributed by atoms with van der Waals surface area (Å²) in [6, 6.07) is 6.29. The molecule has 3 nitrogen and oxygen atoms in total. The Bertz CT molecular complexity index is 638. The van der Waals surface area contributed by atoms with Gasteiger partial charge in [-0.25, -0.2) is 0 Å². The molecule has 1 saturated carbocycles. The molecule has 0 amide bonds. The zero-order chi connectivity index (χ0) is 15.3. The van der Waals surface area contributed by atoms with E-state index in [-0.39, 0.29) is 5.41 Å². The number of piperidine rings is 1. The smallest absolute Gasteiger partial charge is 0.133 e. The summed E-state index contributed by atoms with van der Waals surface area (Å²) in [5.74, 6) is 1.26. The van der Waals surface area contributed by atoms with Crippen molar-refractivity contribution in [3.63, 3.8) is 0 Å². The number of rotatable bonds is 2. The first-order valence-electron chi connectivity index (χ1n) is 8.33. The Hall–Kier alpha value is -1.61. The van der Waals surface area contributed by atoms with Crippen molar-refractivity contribution in [2.45, 2.75) is 43.6 Å². The number of carbonyl (C=O) groups excluding carboxylic acids is 1. The molecule has 3 atom stereocenters. The lowest BCUT2D eigenvalue weighted by molar-refractivity contribution is -0.127. The molecule has 4 rings (SSSR count). The van der Waals surface area contributed by atoms with Gasteiger partial charge in [0.25, 0.3) is 0 Å². The van der Waals surface area contributed by atoms with E-state index in [1.165, 1.54) is 11.1 Å². The molecule has 2 fully saturated rings. The normalized spacial score (nSPS) is 33.9. The quantitative estimate of drug-likeness (QED) is 0.853. The van der Waals surface area contributed by atoms with Gasteiger partial charge in [0.15, 0.2) is 0 Å². The maximum atomic E-state index is 12.2. The standard InChI is InChI=1S/C19H23NO2/c1-2-8-20-9-7-19-12-15(22)5-6-16(19)18(20)10-13-3-4-14(21)11-17(13)19/h2-4,11,16,18,21H,1,5-10,12H2/t16-,18-,19+/m0/s1. The summed E-state index contributed by atoms with van der Waals surface area (Å²) in [6.45, 7) is 5.85. The van der Waals surface area contributed by atoms with Crippen LogP contribution in [0.25, 0.3) is 0 Å². The molecule has 0 unspecified atom stereocenters. The van der Waals surface area contributed by atoms with E-state index in [1.807, 2.05) is 12.1 Å². The van der Waals surface area contributed by atoms with Crippen LogP contribution in [0, 0.1) is 5.92 Å². The average Bonchev–Trinajstić information content (AvgIpc) is 2.50. The van der Waals surface area contributed by atoms with Gasteiger partial charge in [0, 0.05) is 30.8 Å². The highest BCUT2D eigenvalue weighted by molar-refractivity contribution is 5.81. The fraction of sp³-hybridized carbons (Fsp3) is 0.526. The van der Waals surface area contributed by atoms with E-state index in [4.69, 9.17) is 0 Å². The van der Waals surface area contributed by atoms with E-state index in [1.54, 1.807) is 6.07 Å². The van der Waals surface area contributed by atoms with Gasteiger partial charge in [0.05, 0.1) is 0 Å². The minimum atomic E-state index is -0.0377. The second-order valence-electron chi connectivity index (χ2n) is 7.16. The molecule has 1 aliphatic heterocycles. The Morgan fingerprint density at radius 2 is 2.32 bits per heavy atom. The second-order valence-corrected chi connectivity index (χ2v) is 7.16. The number of carbonyl (C=O) groups is 1. The minimum absolute atomic E-state index is 0.0377. The third kappa shape index (κ3) is 1.88. The minimum Gasteiger partial charge on any atom is -0.508 e. The van der Waals surface area contributed by atoms with Crippen molar-refractivity contribution < 1.29 is 9.90 Å². The fourth-order valence-corrected chi connectivity index (χ4v) is 5.29. The molecule has 1 N–H and O–H groups in total. The van der Waals surface area contributed by atoms with Crippen molar-refractivity contribution in [2.75, 3.05) is 13.1 Å². The molecule has 0 radical (unpaired) electrons. The van der Waals surface area contributed by atoms with E-state index in [0.717, 1.165) is 38.8 Å². The molecular weight excluding hydrogens is 274 g/mol. The number of ketones is 1. The van der Waals surface area contributed by atoms with Crippen molar-refractivity contribution in [1.82, 2.24) is 4.90 Å². The van der Waals surface area contributed by atoms with Gasteiger partial charge in [-0.05, 0) is 55.0 Å². The van der Waals surface area contributed by atoms with E-state index in [2.05, 4.69) is 17.5 Å². The van der Waals surface area contributed by atoms with E-state index in [0.29, 0.717) is 29.9 Å². The maximum absolute atomic E-state index is 12.2. The Morgan fingerprint density at radius 1 is 1.45 bits per heavy atom. The number of Topliss-reactive ketones (excluding diaryl/α,β-unsaturated/α-hetero) is 1. The third-order valence-corrected chi connectivity index (χ3v) is 6.16. The van der Waals surface area contributed by atoms with Crippen molar-refractivity contribution in [3.05, 3.63) is 42.0 Å². The topological polar surface area (TPSA) is 40.5 Å². The summed E-state index contributed by atoms with van der Waals surface area (Å²) < 4.78 is 0. The Labute approximate surface area is 131 Å². The first kappa shape index (κ1) is 14.0. The number of hydrogen-bond acceptors (Lipinski definition) is 3. The molecule has 1 aromatic rings. The van der Waals surface area contributed by atoms with Gasteiger partial charge in [0.1, 0.15) is 11.5 Å². The van der Waals surface area contributed by atoms with Crippen LogP contribution >= 0.6 is 0 Å². The Balaban J connectivity index is 1.85. The van der Waals surface area contributed by atoms with Gasteiger partial charge in [-0.3, -0.25) is 9.69 Å². The van der Waals surface area contributed by atoms with Gasteiger partial charge < -0.3 is 5.11 Å². The van der Waals surface area contributed by atoms with Gasteiger partial charge in [-0.2, -0.15) is 0 Å². The van der Waals surface area contributed by atoms with Crippen LogP contribution in [0.2, 0.25) is 0 Å². The van der Waals surface area contributed by atoms with Crippen LogP contribution in [-0.4, -0.2) is 34.9 Å². The van der Waals surface area contributed by atoms with Gasteiger partial charge in [-0.15, -0.1) is 6.58 Å². The molecular formula is C19H23NO2. The highest BCUT2D eigenvalue weighted by Crippen LogP contribution is 2.55. The third-order valence-electron chi connectivity index (χ3n) is 6.16. The molecule has 1 heterocycles. The van der Waals surface area contributed by atoms with E-state index >= 15 is 0 Å². The van der Waals surface area contributed by atoms with Crippen LogP contribution in [0.15, 0.2) is 30.9 Å². The molecule has 22 heavy (non-hydrogen) atoms. The molecule has 1 saturated heterocycles. The first-order chi connectivity index (χ1) is 10.6.